The number of aromatic nitrogens is 1. The van der Waals surface area contributed by atoms with E-state index >= 15 is 0 Å². The second-order valence-electron chi connectivity index (χ2n) is 7.17. The predicted octanol–water partition coefficient (Wildman–Crippen LogP) is 2.83. The van der Waals surface area contributed by atoms with Crippen LogP contribution in [-0.4, -0.2) is 28.0 Å². The third-order valence-electron chi connectivity index (χ3n) is 5.29. The Kier molecular flexibility index (Phi) is 2.47. The molecule has 2 amide bonds. The summed E-state index contributed by atoms with van der Waals surface area (Å²) in [6.07, 6.45) is 3.74. The van der Waals surface area contributed by atoms with E-state index in [4.69, 9.17) is 4.74 Å². The summed E-state index contributed by atoms with van der Waals surface area (Å²) in [6, 6.07) is 9.31. The van der Waals surface area contributed by atoms with Gasteiger partial charge in [-0.3, -0.25) is 14.6 Å². The van der Waals surface area contributed by atoms with Crippen LogP contribution in [0.25, 0.3) is 10.9 Å². The van der Waals surface area contributed by atoms with Gasteiger partial charge >= 0.3 is 0 Å². The summed E-state index contributed by atoms with van der Waals surface area (Å²) >= 11 is 0. The highest BCUT2D eigenvalue weighted by Gasteiger charge is 2.62. The van der Waals surface area contributed by atoms with Crippen molar-refractivity contribution in [2.24, 2.45) is 0 Å². The van der Waals surface area contributed by atoms with Crippen molar-refractivity contribution < 1.29 is 14.3 Å². The van der Waals surface area contributed by atoms with Gasteiger partial charge in [-0.05, 0) is 57.2 Å². The number of fused-ring (bicyclic) bond motifs is 5. The van der Waals surface area contributed by atoms with Crippen molar-refractivity contribution in [3.63, 3.8) is 0 Å². The average molecular weight is 332 g/mol. The van der Waals surface area contributed by atoms with E-state index in [-0.39, 0.29) is 11.8 Å². The number of hydrogen-bond acceptors (Lipinski definition) is 4. The minimum atomic E-state index is -0.818. The summed E-state index contributed by atoms with van der Waals surface area (Å²) in [6.45, 7) is 5.59. The van der Waals surface area contributed by atoms with Crippen LogP contribution < -0.4 is 4.90 Å². The molecule has 0 saturated carbocycles. The number of imide groups is 1. The molecule has 0 aliphatic carbocycles. The lowest BCUT2D eigenvalue weighted by molar-refractivity contribution is -0.123. The van der Waals surface area contributed by atoms with Crippen molar-refractivity contribution in [2.75, 3.05) is 4.90 Å². The van der Waals surface area contributed by atoms with Crippen molar-refractivity contribution in [3.05, 3.63) is 59.3 Å². The smallest absolute Gasteiger partial charge is 0.265 e. The van der Waals surface area contributed by atoms with Crippen LogP contribution in [0.3, 0.4) is 0 Å². The quantitative estimate of drug-likeness (QED) is 0.595. The first kappa shape index (κ1) is 14.5. The molecule has 1 aromatic carbocycles. The van der Waals surface area contributed by atoms with Gasteiger partial charge in [0.2, 0.25) is 0 Å². The van der Waals surface area contributed by atoms with Crippen molar-refractivity contribution in [2.45, 2.75) is 32.0 Å². The normalized spacial score (nSPS) is 30.1. The van der Waals surface area contributed by atoms with Crippen LogP contribution in [0.15, 0.2) is 53.6 Å². The molecule has 5 heteroatoms. The van der Waals surface area contributed by atoms with Gasteiger partial charge in [-0.25, -0.2) is 4.90 Å². The molecule has 2 unspecified atom stereocenters. The number of carbonyl (C=O) groups excluding carboxylic acids is 2. The maximum Gasteiger partial charge on any atom is 0.265 e. The molecule has 3 aliphatic heterocycles. The first-order valence-electron chi connectivity index (χ1n) is 8.24. The number of anilines is 1. The van der Waals surface area contributed by atoms with Gasteiger partial charge in [0.05, 0.1) is 22.4 Å². The summed E-state index contributed by atoms with van der Waals surface area (Å²) < 4.78 is 5.96. The zero-order valence-corrected chi connectivity index (χ0v) is 14.2. The second-order valence-corrected chi connectivity index (χ2v) is 7.17. The molecule has 3 aliphatic rings. The van der Waals surface area contributed by atoms with E-state index in [9.17, 15) is 9.59 Å². The Morgan fingerprint density at radius 2 is 1.60 bits per heavy atom. The van der Waals surface area contributed by atoms with E-state index in [1.165, 1.54) is 4.90 Å². The summed E-state index contributed by atoms with van der Waals surface area (Å²) in [4.78, 5) is 31.8. The number of hydrogen-bond donors (Lipinski definition) is 0. The molecule has 2 aromatic rings. The fraction of sp³-hybridized carbons (Fsp3) is 0.250. The van der Waals surface area contributed by atoms with Crippen molar-refractivity contribution in [1.82, 2.24) is 4.98 Å². The van der Waals surface area contributed by atoms with Crippen LogP contribution >= 0.6 is 0 Å². The standard InChI is InChI=1S/C20H16N2O3/c1-11-4-5-12-10-13(6-7-14(12)21-11)22-17(23)15-16(18(22)24)20(3)9-8-19(15,2)25-20/h4-10H,1-3H3. The van der Waals surface area contributed by atoms with Gasteiger partial charge in [0, 0.05) is 11.1 Å². The Morgan fingerprint density at radius 3 is 2.24 bits per heavy atom. The molecule has 25 heavy (non-hydrogen) atoms. The Morgan fingerprint density at radius 1 is 0.960 bits per heavy atom. The fourth-order valence-electron chi connectivity index (χ4n) is 4.13. The number of pyridine rings is 1. The van der Waals surface area contributed by atoms with E-state index in [1.54, 1.807) is 6.07 Å². The first-order chi connectivity index (χ1) is 11.8. The van der Waals surface area contributed by atoms with Gasteiger partial charge in [0.1, 0.15) is 11.2 Å². The highest BCUT2D eigenvalue weighted by Crippen LogP contribution is 2.53. The van der Waals surface area contributed by atoms with Crippen LogP contribution in [0.2, 0.25) is 0 Å². The number of rotatable bonds is 1. The number of ether oxygens (including phenoxy) is 1. The van der Waals surface area contributed by atoms with Crippen LogP contribution in [-0.2, 0) is 14.3 Å². The maximum absolute atomic E-state index is 13.0. The zero-order chi connectivity index (χ0) is 17.6. The van der Waals surface area contributed by atoms with E-state index in [1.807, 2.05) is 57.2 Å². The molecule has 0 spiro atoms. The Bertz CT molecular complexity index is 1030. The average Bonchev–Trinajstić information content (AvgIpc) is 3.11. The highest BCUT2D eigenvalue weighted by molar-refractivity contribution is 6.35. The van der Waals surface area contributed by atoms with Crippen molar-refractivity contribution in [1.29, 1.82) is 0 Å². The molecule has 0 radical (unpaired) electrons. The molecule has 124 valence electrons. The van der Waals surface area contributed by atoms with Crippen LogP contribution in [0, 0.1) is 6.92 Å². The van der Waals surface area contributed by atoms with Crippen LogP contribution in [0.1, 0.15) is 19.5 Å². The molecule has 0 saturated heterocycles. The van der Waals surface area contributed by atoms with Crippen LogP contribution in [0.4, 0.5) is 5.69 Å². The van der Waals surface area contributed by atoms with E-state index in [0.29, 0.717) is 16.8 Å². The van der Waals surface area contributed by atoms with Gasteiger partial charge in [0.15, 0.2) is 0 Å². The number of amides is 2. The fourth-order valence-corrected chi connectivity index (χ4v) is 4.13. The Hall–Kier alpha value is -2.79. The molecule has 1 aromatic heterocycles. The lowest BCUT2D eigenvalue weighted by Gasteiger charge is -2.26. The van der Waals surface area contributed by atoms with Gasteiger partial charge in [0.25, 0.3) is 11.8 Å². The number of carbonyl (C=O) groups is 2. The topological polar surface area (TPSA) is 59.5 Å². The molecule has 5 rings (SSSR count). The molecule has 2 atom stereocenters. The minimum Gasteiger partial charge on any atom is -0.351 e. The van der Waals surface area contributed by atoms with Gasteiger partial charge in [-0.15, -0.1) is 0 Å². The summed E-state index contributed by atoms with van der Waals surface area (Å²) in [5, 5.41) is 0.894. The van der Waals surface area contributed by atoms with Gasteiger partial charge in [-0.2, -0.15) is 0 Å². The van der Waals surface area contributed by atoms with Crippen LogP contribution in [0.5, 0.6) is 0 Å². The van der Waals surface area contributed by atoms with Crippen molar-refractivity contribution >= 4 is 28.4 Å². The highest BCUT2D eigenvalue weighted by atomic mass is 16.5. The minimum absolute atomic E-state index is 0.296. The summed E-state index contributed by atoms with van der Waals surface area (Å²) in [7, 11) is 0. The number of nitrogens with zero attached hydrogens (tertiary/aromatic N) is 2. The van der Waals surface area contributed by atoms with E-state index < -0.39 is 11.2 Å². The monoisotopic (exact) mass is 332 g/mol. The van der Waals surface area contributed by atoms with Gasteiger partial charge < -0.3 is 4.74 Å². The molecule has 0 fully saturated rings. The molecule has 5 nitrogen and oxygen atoms in total. The SMILES string of the molecule is Cc1ccc2cc(N3C(=O)C4=C(C3=O)C3(C)C=CC4(C)O3)ccc2n1. The zero-order valence-electron chi connectivity index (χ0n) is 14.2. The third kappa shape index (κ3) is 1.68. The lowest BCUT2D eigenvalue weighted by atomic mass is 9.85. The van der Waals surface area contributed by atoms with E-state index in [0.717, 1.165) is 16.6 Å². The summed E-state index contributed by atoms with van der Waals surface area (Å²) in [5.74, 6) is -0.593. The summed E-state index contributed by atoms with van der Waals surface area (Å²) in [5.41, 5.74) is 1.62. The third-order valence-corrected chi connectivity index (χ3v) is 5.29. The second kappa shape index (κ2) is 4.24. The first-order valence-corrected chi connectivity index (χ1v) is 8.24. The largest absolute Gasteiger partial charge is 0.351 e. The molecule has 0 N–H and O–H groups in total. The molecule has 2 bridgehead atoms. The van der Waals surface area contributed by atoms with Gasteiger partial charge in [-0.1, -0.05) is 6.07 Å². The molecule has 4 heterocycles. The Labute approximate surface area is 144 Å². The number of aryl methyl sites for hydroxylation is 1. The maximum atomic E-state index is 13.0. The molecular formula is C20H16N2O3. The lowest BCUT2D eigenvalue weighted by Crippen LogP contribution is -2.40. The number of benzene rings is 1. The Balaban J connectivity index is 1.63. The van der Waals surface area contributed by atoms with E-state index in [2.05, 4.69) is 4.98 Å². The molecular weight excluding hydrogens is 316 g/mol. The van der Waals surface area contributed by atoms with Crippen molar-refractivity contribution in [3.8, 4) is 0 Å². The predicted molar refractivity (Wildman–Crippen MR) is 93.0 cm³/mol.